The maximum Gasteiger partial charge on any atom is 0.419 e. The van der Waals surface area contributed by atoms with Crippen LogP contribution < -0.4 is 10.6 Å². The van der Waals surface area contributed by atoms with Gasteiger partial charge in [-0.05, 0) is 36.8 Å². The van der Waals surface area contributed by atoms with Gasteiger partial charge in [-0.2, -0.15) is 13.2 Å². The van der Waals surface area contributed by atoms with Crippen molar-refractivity contribution in [3.8, 4) is 0 Å². The molecular weight excluding hydrogens is 378 g/mol. The van der Waals surface area contributed by atoms with Crippen molar-refractivity contribution in [3.05, 3.63) is 58.5 Å². The monoisotopic (exact) mass is 397 g/mol. The molecule has 0 aliphatic rings. The molecule has 0 fully saturated rings. The second-order valence-corrected chi connectivity index (χ2v) is 6.52. The molecule has 0 saturated carbocycles. The van der Waals surface area contributed by atoms with Gasteiger partial charge in [-0.15, -0.1) is 0 Å². The number of carbonyl (C=O) groups is 2. The minimum absolute atomic E-state index is 0.0983. The van der Waals surface area contributed by atoms with E-state index >= 15 is 0 Å². The van der Waals surface area contributed by atoms with Gasteiger partial charge in [-0.1, -0.05) is 19.9 Å². The number of hydrogen-bond donors (Lipinski definition) is 2. The van der Waals surface area contributed by atoms with Crippen molar-refractivity contribution >= 4 is 17.6 Å². The molecule has 0 unspecified atom stereocenters. The lowest BCUT2D eigenvalue weighted by atomic mass is 10.1. The van der Waals surface area contributed by atoms with Crippen molar-refractivity contribution in [1.82, 2.24) is 10.3 Å². The van der Waals surface area contributed by atoms with Crippen LogP contribution in [0.15, 0.2) is 30.3 Å². The van der Waals surface area contributed by atoms with Crippen molar-refractivity contribution in [2.24, 2.45) is 5.92 Å². The minimum atomic E-state index is -4.82. The van der Waals surface area contributed by atoms with E-state index in [2.05, 4.69) is 15.6 Å². The molecule has 2 N–H and O–H groups in total. The molecule has 2 aromatic rings. The average Bonchev–Trinajstić information content (AvgIpc) is 2.59. The van der Waals surface area contributed by atoms with Crippen LogP contribution in [0.1, 0.15) is 41.0 Å². The maximum atomic E-state index is 13.3. The molecule has 1 aromatic carbocycles. The van der Waals surface area contributed by atoms with Gasteiger partial charge < -0.3 is 10.6 Å². The number of nitrogens with one attached hydrogen (secondary N) is 2. The SMILES string of the molecule is Cc1cc(C(=O)NCc2ccc(F)c(C(F)(F)F)c2)cc(NC(=O)C(C)C)n1. The summed E-state index contributed by atoms with van der Waals surface area (Å²) < 4.78 is 51.7. The van der Waals surface area contributed by atoms with Crippen LogP contribution in [0.2, 0.25) is 0 Å². The number of amides is 2. The minimum Gasteiger partial charge on any atom is -0.348 e. The standard InChI is InChI=1S/C19H19F4N3O2/c1-10(2)17(27)26-16-8-13(6-11(3)25-16)18(28)24-9-12-4-5-15(20)14(7-12)19(21,22)23/h4-8,10H,9H2,1-3H3,(H,24,28)(H,25,26,27). The Morgan fingerprint density at radius 2 is 1.82 bits per heavy atom. The second kappa shape index (κ2) is 8.37. The number of aromatic nitrogens is 1. The van der Waals surface area contributed by atoms with Crippen LogP contribution in [-0.4, -0.2) is 16.8 Å². The molecule has 0 bridgehead atoms. The van der Waals surface area contributed by atoms with Gasteiger partial charge in [0.1, 0.15) is 11.6 Å². The van der Waals surface area contributed by atoms with Gasteiger partial charge in [0.25, 0.3) is 5.91 Å². The summed E-state index contributed by atoms with van der Waals surface area (Å²) in [5, 5.41) is 5.06. The summed E-state index contributed by atoms with van der Waals surface area (Å²) in [4.78, 5) is 28.3. The molecule has 0 aliphatic heterocycles. The van der Waals surface area contributed by atoms with Gasteiger partial charge in [-0.3, -0.25) is 9.59 Å². The van der Waals surface area contributed by atoms with Crippen LogP contribution in [-0.2, 0) is 17.5 Å². The average molecular weight is 397 g/mol. The zero-order valence-electron chi connectivity index (χ0n) is 15.4. The fraction of sp³-hybridized carbons (Fsp3) is 0.316. The van der Waals surface area contributed by atoms with Gasteiger partial charge >= 0.3 is 6.18 Å². The van der Waals surface area contributed by atoms with E-state index < -0.39 is 23.5 Å². The number of nitrogens with zero attached hydrogens (tertiary/aromatic N) is 1. The molecule has 0 radical (unpaired) electrons. The fourth-order valence-electron chi connectivity index (χ4n) is 2.32. The molecule has 0 spiro atoms. The first-order valence-corrected chi connectivity index (χ1v) is 8.40. The molecule has 1 aromatic heterocycles. The normalized spacial score (nSPS) is 11.4. The Kier molecular flexibility index (Phi) is 6.37. The molecular formula is C19H19F4N3O2. The third-order valence-electron chi connectivity index (χ3n) is 3.78. The summed E-state index contributed by atoms with van der Waals surface area (Å²) in [6.45, 7) is 4.82. The molecule has 0 atom stereocenters. The van der Waals surface area contributed by atoms with Crippen molar-refractivity contribution in [1.29, 1.82) is 0 Å². The van der Waals surface area contributed by atoms with Gasteiger partial charge in [-0.25, -0.2) is 9.37 Å². The second-order valence-electron chi connectivity index (χ2n) is 6.52. The lowest BCUT2D eigenvalue weighted by molar-refractivity contribution is -0.140. The smallest absolute Gasteiger partial charge is 0.348 e. The van der Waals surface area contributed by atoms with Crippen LogP contribution in [0, 0.1) is 18.7 Å². The number of anilines is 1. The van der Waals surface area contributed by atoms with E-state index in [1.807, 2.05) is 0 Å². The topological polar surface area (TPSA) is 71.1 Å². The highest BCUT2D eigenvalue weighted by Crippen LogP contribution is 2.31. The van der Waals surface area contributed by atoms with Crippen molar-refractivity contribution in [2.75, 3.05) is 5.32 Å². The largest absolute Gasteiger partial charge is 0.419 e. The fourth-order valence-corrected chi connectivity index (χ4v) is 2.32. The highest BCUT2D eigenvalue weighted by Gasteiger charge is 2.34. The summed E-state index contributed by atoms with van der Waals surface area (Å²) in [6, 6.07) is 5.37. The summed E-state index contributed by atoms with van der Waals surface area (Å²) in [5.41, 5.74) is -0.628. The predicted octanol–water partition coefficient (Wildman–Crippen LogP) is 4.07. The van der Waals surface area contributed by atoms with Crippen LogP contribution >= 0.6 is 0 Å². The third-order valence-corrected chi connectivity index (χ3v) is 3.78. The molecule has 28 heavy (non-hydrogen) atoms. The van der Waals surface area contributed by atoms with Crippen molar-refractivity contribution < 1.29 is 27.2 Å². The van der Waals surface area contributed by atoms with E-state index in [-0.39, 0.29) is 35.3 Å². The Labute approximate surface area is 159 Å². The molecule has 9 heteroatoms. The first-order valence-electron chi connectivity index (χ1n) is 8.40. The highest BCUT2D eigenvalue weighted by molar-refractivity contribution is 5.97. The molecule has 2 rings (SSSR count). The molecule has 1 heterocycles. The highest BCUT2D eigenvalue weighted by atomic mass is 19.4. The number of benzene rings is 1. The van der Waals surface area contributed by atoms with Gasteiger partial charge in [0.05, 0.1) is 5.56 Å². The number of hydrogen-bond acceptors (Lipinski definition) is 3. The van der Waals surface area contributed by atoms with Gasteiger partial charge in [0.15, 0.2) is 0 Å². The first-order chi connectivity index (χ1) is 13.0. The number of rotatable bonds is 5. The number of carbonyl (C=O) groups excluding carboxylic acids is 2. The molecule has 0 aliphatic carbocycles. The van der Waals surface area contributed by atoms with E-state index in [4.69, 9.17) is 0 Å². The first kappa shape index (κ1) is 21.3. The Morgan fingerprint density at radius 3 is 2.43 bits per heavy atom. The van der Waals surface area contributed by atoms with E-state index in [9.17, 15) is 27.2 Å². The van der Waals surface area contributed by atoms with Crippen LogP contribution in [0.3, 0.4) is 0 Å². The number of alkyl halides is 3. The Morgan fingerprint density at radius 1 is 1.14 bits per heavy atom. The van der Waals surface area contributed by atoms with E-state index in [1.165, 1.54) is 12.1 Å². The lowest BCUT2D eigenvalue weighted by Gasteiger charge is -2.12. The van der Waals surface area contributed by atoms with Crippen molar-refractivity contribution in [3.63, 3.8) is 0 Å². The number of pyridine rings is 1. The molecule has 150 valence electrons. The number of aryl methyl sites for hydroxylation is 1. The Bertz CT molecular complexity index is 895. The van der Waals surface area contributed by atoms with E-state index in [0.29, 0.717) is 17.8 Å². The molecule has 2 amide bonds. The summed E-state index contributed by atoms with van der Waals surface area (Å²) in [6.07, 6.45) is -4.82. The summed E-state index contributed by atoms with van der Waals surface area (Å²) in [7, 11) is 0. The Balaban J connectivity index is 2.13. The van der Waals surface area contributed by atoms with E-state index in [0.717, 1.165) is 6.07 Å². The van der Waals surface area contributed by atoms with Crippen LogP contribution in [0.25, 0.3) is 0 Å². The lowest BCUT2D eigenvalue weighted by Crippen LogP contribution is -2.24. The summed E-state index contributed by atoms with van der Waals surface area (Å²) >= 11 is 0. The van der Waals surface area contributed by atoms with Crippen LogP contribution in [0.5, 0.6) is 0 Å². The molecule has 5 nitrogen and oxygen atoms in total. The number of halogens is 4. The summed E-state index contributed by atoms with van der Waals surface area (Å²) in [5.74, 6) is -2.29. The quantitative estimate of drug-likeness (QED) is 0.747. The maximum absolute atomic E-state index is 13.3. The zero-order chi connectivity index (χ0) is 21.1. The third kappa shape index (κ3) is 5.51. The zero-order valence-corrected chi connectivity index (χ0v) is 15.4. The Hall–Kier alpha value is -2.97. The van der Waals surface area contributed by atoms with Gasteiger partial charge in [0.2, 0.25) is 5.91 Å². The van der Waals surface area contributed by atoms with Crippen molar-refractivity contribution in [2.45, 2.75) is 33.5 Å². The van der Waals surface area contributed by atoms with Gasteiger partial charge in [0, 0.05) is 23.7 Å². The van der Waals surface area contributed by atoms with E-state index in [1.54, 1.807) is 20.8 Å². The predicted molar refractivity (Wildman–Crippen MR) is 95.0 cm³/mol. The molecule has 0 saturated heterocycles. The van der Waals surface area contributed by atoms with Crippen LogP contribution in [0.4, 0.5) is 23.4 Å².